The summed E-state index contributed by atoms with van der Waals surface area (Å²) in [5, 5.41) is 0. The van der Waals surface area contributed by atoms with Crippen molar-refractivity contribution in [3.8, 4) is 0 Å². The van der Waals surface area contributed by atoms with Crippen molar-refractivity contribution >= 4 is 5.78 Å². The summed E-state index contributed by atoms with van der Waals surface area (Å²) in [6.45, 7) is 10.7. The Hall–Kier alpha value is -0.370. The molecule has 0 amide bonds. The first kappa shape index (κ1) is 11.1. The van der Waals surface area contributed by atoms with Crippen LogP contribution in [0.2, 0.25) is 0 Å². The molecule has 0 aromatic carbocycles. The molecule has 0 bridgehead atoms. The lowest BCUT2D eigenvalue weighted by Crippen LogP contribution is -2.45. The highest BCUT2D eigenvalue weighted by Crippen LogP contribution is 2.51. The summed E-state index contributed by atoms with van der Waals surface area (Å²) in [7, 11) is 0. The third kappa shape index (κ3) is 1.73. The molecule has 0 spiro atoms. The van der Waals surface area contributed by atoms with Crippen LogP contribution in [0.4, 0.5) is 0 Å². The number of likely N-dealkylation sites (N-methyl/N-ethyl adjacent to an activating group) is 1. The number of ketones is 1. The van der Waals surface area contributed by atoms with E-state index in [2.05, 4.69) is 32.6 Å². The molecule has 2 aliphatic rings. The molecule has 1 aliphatic carbocycles. The molecule has 0 aromatic heterocycles. The molecule has 0 radical (unpaired) electrons. The molecular weight excluding hydrogens is 186 g/mol. The predicted octanol–water partition coefficient (Wildman–Crippen LogP) is 2.33. The van der Waals surface area contributed by atoms with E-state index in [1.165, 1.54) is 6.42 Å². The molecule has 86 valence electrons. The number of carbonyl (C=O) groups is 1. The van der Waals surface area contributed by atoms with Gasteiger partial charge in [-0.15, -0.1) is 0 Å². The number of piperidine rings is 1. The Bertz CT molecular complexity index is 272. The van der Waals surface area contributed by atoms with E-state index in [1.807, 2.05) is 0 Å². The first-order valence-electron chi connectivity index (χ1n) is 6.29. The number of fused-ring (bicyclic) bond motifs is 1. The van der Waals surface area contributed by atoms with Gasteiger partial charge in [-0.3, -0.25) is 9.69 Å². The van der Waals surface area contributed by atoms with Crippen LogP contribution in [0.25, 0.3) is 0 Å². The number of hydrogen-bond donors (Lipinski definition) is 0. The maximum Gasteiger partial charge on any atom is 0.155 e. The molecule has 2 rings (SSSR count). The Labute approximate surface area is 93.0 Å². The van der Waals surface area contributed by atoms with Crippen molar-refractivity contribution in [1.82, 2.24) is 4.90 Å². The second-order valence-electron chi connectivity index (χ2n) is 5.79. The van der Waals surface area contributed by atoms with Gasteiger partial charge < -0.3 is 0 Å². The third-order valence-electron chi connectivity index (χ3n) is 4.47. The number of Topliss-reactive ketones (excluding diaryl/α,β-unsaturated/α-hetero) is 1. The van der Waals surface area contributed by atoms with E-state index >= 15 is 0 Å². The van der Waals surface area contributed by atoms with Crippen LogP contribution in [0, 0.1) is 17.3 Å². The fourth-order valence-electron chi connectivity index (χ4n) is 2.81. The molecule has 0 aromatic rings. The third-order valence-corrected chi connectivity index (χ3v) is 4.47. The Balaban J connectivity index is 2.12. The lowest BCUT2D eigenvalue weighted by Gasteiger charge is -2.31. The molecule has 3 atom stereocenters. The van der Waals surface area contributed by atoms with Gasteiger partial charge in [0.1, 0.15) is 0 Å². The summed E-state index contributed by atoms with van der Waals surface area (Å²) < 4.78 is 0. The smallest absolute Gasteiger partial charge is 0.155 e. The number of carbonyl (C=O) groups excluding carboxylic acids is 1. The SMILES string of the molecule is CCN1C[C@@H]2CC2[C@H]1C(=O)C(C)(C)CC. The Morgan fingerprint density at radius 1 is 1.40 bits per heavy atom. The van der Waals surface area contributed by atoms with Crippen molar-refractivity contribution in [1.29, 1.82) is 0 Å². The largest absolute Gasteiger partial charge is 0.297 e. The van der Waals surface area contributed by atoms with Crippen LogP contribution in [0.1, 0.15) is 40.5 Å². The van der Waals surface area contributed by atoms with E-state index in [9.17, 15) is 4.79 Å². The van der Waals surface area contributed by atoms with Gasteiger partial charge in [0, 0.05) is 12.0 Å². The summed E-state index contributed by atoms with van der Waals surface area (Å²) in [5.41, 5.74) is -0.129. The van der Waals surface area contributed by atoms with Gasteiger partial charge in [0.15, 0.2) is 5.78 Å². The van der Waals surface area contributed by atoms with E-state index in [1.54, 1.807) is 0 Å². The molecule has 1 aliphatic heterocycles. The highest BCUT2D eigenvalue weighted by atomic mass is 16.1. The molecule has 2 heteroatoms. The molecular formula is C13H23NO. The second kappa shape index (κ2) is 3.58. The van der Waals surface area contributed by atoms with Crippen LogP contribution in [0.3, 0.4) is 0 Å². The van der Waals surface area contributed by atoms with Crippen LogP contribution in [-0.2, 0) is 4.79 Å². The number of likely N-dealkylation sites (tertiary alicyclic amines) is 1. The zero-order valence-electron chi connectivity index (χ0n) is 10.4. The maximum absolute atomic E-state index is 12.5. The van der Waals surface area contributed by atoms with Gasteiger partial charge in [0.05, 0.1) is 6.04 Å². The second-order valence-corrected chi connectivity index (χ2v) is 5.79. The average Bonchev–Trinajstić information content (AvgIpc) is 2.89. The quantitative estimate of drug-likeness (QED) is 0.708. The lowest BCUT2D eigenvalue weighted by atomic mass is 9.80. The standard InChI is InChI=1S/C13H23NO/c1-5-13(3,4)12(15)11-10-7-9(10)8-14(11)6-2/h9-11H,5-8H2,1-4H3/t9-,10?,11-/m0/s1. The summed E-state index contributed by atoms with van der Waals surface area (Å²) in [5.74, 6) is 2.02. The lowest BCUT2D eigenvalue weighted by molar-refractivity contribution is -0.132. The molecule has 1 heterocycles. The van der Waals surface area contributed by atoms with Crippen LogP contribution < -0.4 is 0 Å². The van der Waals surface area contributed by atoms with E-state index in [0.29, 0.717) is 11.7 Å². The summed E-state index contributed by atoms with van der Waals surface area (Å²) in [4.78, 5) is 14.9. The van der Waals surface area contributed by atoms with Crippen LogP contribution in [0.15, 0.2) is 0 Å². The van der Waals surface area contributed by atoms with Crippen LogP contribution in [-0.4, -0.2) is 29.8 Å². The first-order valence-corrected chi connectivity index (χ1v) is 6.29. The van der Waals surface area contributed by atoms with Crippen molar-refractivity contribution in [2.45, 2.75) is 46.6 Å². The molecule has 2 nitrogen and oxygen atoms in total. The molecule has 0 N–H and O–H groups in total. The molecule has 1 saturated heterocycles. The summed E-state index contributed by atoms with van der Waals surface area (Å²) >= 11 is 0. The van der Waals surface area contributed by atoms with Gasteiger partial charge in [-0.1, -0.05) is 27.7 Å². The topological polar surface area (TPSA) is 20.3 Å². The van der Waals surface area contributed by atoms with E-state index < -0.39 is 0 Å². The number of nitrogens with zero attached hydrogens (tertiary/aromatic N) is 1. The Kier molecular flexibility index (Phi) is 2.66. The minimum Gasteiger partial charge on any atom is -0.297 e. The molecule has 1 saturated carbocycles. The van der Waals surface area contributed by atoms with Crippen molar-refractivity contribution in [2.24, 2.45) is 17.3 Å². The number of rotatable bonds is 4. The van der Waals surface area contributed by atoms with Gasteiger partial charge in [-0.05, 0) is 31.2 Å². The van der Waals surface area contributed by atoms with Crippen molar-refractivity contribution in [2.75, 3.05) is 13.1 Å². The minimum atomic E-state index is -0.129. The summed E-state index contributed by atoms with van der Waals surface area (Å²) in [6, 6.07) is 0.245. The monoisotopic (exact) mass is 209 g/mol. The van der Waals surface area contributed by atoms with Gasteiger partial charge >= 0.3 is 0 Å². The van der Waals surface area contributed by atoms with Crippen molar-refractivity contribution < 1.29 is 4.79 Å². The van der Waals surface area contributed by atoms with E-state index in [0.717, 1.165) is 25.4 Å². The molecule has 15 heavy (non-hydrogen) atoms. The van der Waals surface area contributed by atoms with Gasteiger partial charge in [0.25, 0.3) is 0 Å². The summed E-state index contributed by atoms with van der Waals surface area (Å²) in [6.07, 6.45) is 2.25. The fraction of sp³-hybridized carbons (Fsp3) is 0.923. The Morgan fingerprint density at radius 2 is 2.07 bits per heavy atom. The van der Waals surface area contributed by atoms with E-state index in [4.69, 9.17) is 0 Å². The zero-order valence-corrected chi connectivity index (χ0v) is 10.4. The van der Waals surface area contributed by atoms with Crippen molar-refractivity contribution in [3.05, 3.63) is 0 Å². The molecule has 2 fully saturated rings. The Morgan fingerprint density at radius 3 is 2.60 bits per heavy atom. The van der Waals surface area contributed by atoms with Gasteiger partial charge in [0.2, 0.25) is 0 Å². The van der Waals surface area contributed by atoms with Crippen LogP contribution >= 0.6 is 0 Å². The zero-order chi connectivity index (χ0) is 11.2. The highest BCUT2D eigenvalue weighted by Gasteiger charge is 2.56. The van der Waals surface area contributed by atoms with Gasteiger partial charge in [-0.25, -0.2) is 0 Å². The molecule has 1 unspecified atom stereocenters. The maximum atomic E-state index is 12.5. The average molecular weight is 209 g/mol. The van der Waals surface area contributed by atoms with Crippen LogP contribution in [0.5, 0.6) is 0 Å². The number of hydrogen-bond acceptors (Lipinski definition) is 2. The van der Waals surface area contributed by atoms with E-state index in [-0.39, 0.29) is 11.5 Å². The first-order chi connectivity index (χ1) is 7.01. The highest BCUT2D eigenvalue weighted by molar-refractivity contribution is 5.90. The van der Waals surface area contributed by atoms with Crippen molar-refractivity contribution in [3.63, 3.8) is 0 Å². The normalized spacial score (nSPS) is 35.3. The minimum absolute atomic E-state index is 0.129. The van der Waals surface area contributed by atoms with Gasteiger partial charge in [-0.2, -0.15) is 0 Å². The predicted molar refractivity (Wildman–Crippen MR) is 61.7 cm³/mol. The fourth-order valence-corrected chi connectivity index (χ4v) is 2.81.